The molecule has 0 unspecified atom stereocenters. The summed E-state index contributed by atoms with van der Waals surface area (Å²) in [5, 5.41) is 17.4. The molecule has 1 aliphatic heterocycles. The average molecular weight is 618 g/mol. The fraction of sp³-hybridized carbons (Fsp3) is 0.312. The Morgan fingerprint density at radius 1 is 1.07 bits per heavy atom. The van der Waals surface area contributed by atoms with Crippen molar-refractivity contribution in [3.8, 4) is 6.07 Å². The van der Waals surface area contributed by atoms with Crippen molar-refractivity contribution < 1.29 is 28.3 Å². The molecule has 2 aromatic heterocycles. The highest BCUT2D eigenvalue weighted by atomic mass is 32.2. The average Bonchev–Trinajstić information content (AvgIpc) is 3.68. The Bertz CT molecular complexity index is 1620. The number of carbonyl (C=O) groups is 3. The number of nitrogens with one attached hydrogen (secondary N) is 2. The quantitative estimate of drug-likeness (QED) is 0.257. The smallest absolute Gasteiger partial charge is 0.341 e. The van der Waals surface area contributed by atoms with Gasteiger partial charge in [-0.25, -0.2) is 9.59 Å². The van der Waals surface area contributed by atoms with Gasteiger partial charge in [0.15, 0.2) is 0 Å². The van der Waals surface area contributed by atoms with Crippen molar-refractivity contribution in [2.24, 2.45) is 0 Å². The largest absolute Gasteiger partial charge is 0.468 e. The lowest BCUT2D eigenvalue weighted by Gasteiger charge is -2.29. The van der Waals surface area contributed by atoms with Crippen LogP contribution in [0.1, 0.15) is 64.7 Å². The molecule has 2 aliphatic rings. The third-order valence-corrected chi connectivity index (χ3v) is 9.31. The number of nitrogens with zero attached hydrogens (tertiary/aromatic N) is 1. The van der Waals surface area contributed by atoms with Gasteiger partial charge in [0.2, 0.25) is 5.91 Å². The monoisotopic (exact) mass is 617 g/mol. The fourth-order valence-electron chi connectivity index (χ4n) is 5.27. The van der Waals surface area contributed by atoms with Crippen molar-refractivity contribution in [1.29, 1.82) is 5.26 Å². The summed E-state index contributed by atoms with van der Waals surface area (Å²) in [6.07, 6.45) is 5.15. The van der Waals surface area contributed by atoms with Crippen molar-refractivity contribution in [2.45, 2.75) is 45.4 Å². The predicted octanol–water partition coefficient (Wildman–Crippen LogP) is 6.16. The Kier molecular flexibility index (Phi) is 9.69. The number of furan rings is 1. The Labute approximate surface area is 257 Å². The van der Waals surface area contributed by atoms with Crippen LogP contribution in [0.2, 0.25) is 0 Å². The van der Waals surface area contributed by atoms with Gasteiger partial charge in [-0.2, -0.15) is 5.26 Å². The first-order valence-corrected chi connectivity index (χ1v) is 15.9. The molecule has 2 N–H and O–H groups in total. The van der Waals surface area contributed by atoms with E-state index in [0.717, 1.165) is 47.9 Å². The van der Waals surface area contributed by atoms with Gasteiger partial charge in [-0.15, -0.1) is 11.3 Å². The minimum absolute atomic E-state index is 0.0555. The molecular formula is C32H31N3O6S2. The standard InChI is InChI=1S/C32H31N3O6S2/c1-3-39-31(37)26-20-13-8-9-15-23(20)43-30(26)34-24(36)18-42-29-21(17-33)25(22-14-10-16-41-22)27(32(38)40-4-2)28(35-29)19-11-6-5-7-12-19/h5-7,10-12,14,16,25,35H,3-4,8-9,13,15,18H2,1-2H3,(H,34,36)/t25-/m1/s1. The second kappa shape index (κ2) is 13.8. The molecule has 0 fully saturated rings. The molecule has 0 spiro atoms. The zero-order valence-electron chi connectivity index (χ0n) is 23.9. The van der Waals surface area contributed by atoms with E-state index in [1.54, 1.807) is 26.0 Å². The number of nitriles is 1. The Balaban J connectivity index is 1.46. The van der Waals surface area contributed by atoms with Crippen LogP contribution in [-0.4, -0.2) is 36.8 Å². The minimum Gasteiger partial charge on any atom is -0.468 e. The first kappa shape index (κ1) is 30.2. The maximum atomic E-state index is 13.3. The number of benzene rings is 1. The molecule has 222 valence electrons. The summed E-state index contributed by atoms with van der Waals surface area (Å²) in [5.74, 6) is -1.84. The molecule has 1 aromatic carbocycles. The molecule has 5 rings (SSSR count). The van der Waals surface area contributed by atoms with E-state index in [2.05, 4.69) is 16.7 Å². The van der Waals surface area contributed by atoms with Crippen molar-refractivity contribution in [3.05, 3.63) is 92.2 Å². The molecule has 0 saturated heterocycles. The maximum absolute atomic E-state index is 13.3. The summed E-state index contributed by atoms with van der Waals surface area (Å²) in [7, 11) is 0. The van der Waals surface area contributed by atoms with Crippen LogP contribution >= 0.6 is 23.1 Å². The Morgan fingerprint density at radius 3 is 2.51 bits per heavy atom. The molecule has 0 saturated carbocycles. The summed E-state index contributed by atoms with van der Waals surface area (Å²) in [6.45, 7) is 3.87. The number of allylic oxidation sites excluding steroid dienone is 1. The highest BCUT2D eigenvalue weighted by Gasteiger charge is 2.39. The summed E-state index contributed by atoms with van der Waals surface area (Å²) >= 11 is 2.56. The number of rotatable bonds is 10. The van der Waals surface area contributed by atoms with Crippen LogP contribution in [0.25, 0.3) is 5.70 Å². The second-order valence-electron chi connectivity index (χ2n) is 9.78. The summed E-state index contributed by atoms with van der Waals surface area (Å²) < 4.78 is 16.4. The Hall–Kier alpha value is -4.27. The molecule has 43 heavy (non-hydrogen) atoms. The third-order valence-electron chi connectivity index (χ3n) is 7.09. The van der Waals surface area contributed by atoms with Gasteiger partial charge in [0.1, 0.15) is 10.8 Å². The number of hydrogen-bond acceptors (Lipinski definition) is 10. The summed E-state index contributed by atoms with van der Waals surface area (Å²) in [6, 6.07) is 14.9. The van der Waals surface area contributed by atoms with Crippen LogP contribution in [0.4, 0.5) is 5.00 Å². The van der Waals surface area contributed by atoms with E-state index in [1.165, 1.54) is 17.6 Å². The fourth-order valence-corrected chi connectivity index (χ4v) is 7.41. The topological polar surface area (TPSA) is 131 Å². The summed E-state index contributed by atoms with van der Waals surface area (Å²) in [5.41, 5.74) is 3.07. The van der Waals surface area contributed by atoms with E-state index in [4.69, 9.17) is 13.9 Å². The number of esters is 2. The number of hydrogen-bond donors (Lipinski definition) is 2. The first-order chi connectivity index (χ1) is 21.0. The highest BCUT2D eigenvalue weighted by Crippen LogP contribution is 2.44. The van der Waals surface area contributed by atoms with Crippen LogP contribution in [0.15, 0.2) is 69.3 Å². The molecule has 0 bridgehead atoms. The number of thioether (sulfide) groups is 1. The number of aryl methyl sites for hydroxylation is 1. The molecule has 1 amide bonds. The zero-order chi connectivity index (χ0) is 30.3. The maximum Gasteiger partial charge on any atom is 0.341 e. The van der Waals surface area contributed by atoms with E-state index < -0.39 is 17.9 Å². The third kappa shape index (κ3) is 6.40. The molecule has 11 heteroatoms. The SMILES string of the molecule is CCOC(=O)C1=C(c2ccccc2)NC(SCC(=O)Nc2sc3c(c2C(=O)OCC)CCCC3)=C(C#N)[C@@H]1c1ccco1. The van der Waals surface area contributed by atoms with Crippen LogP contribution in [0.3, 0.4) is 0 Å². The first-order valence-electron chi connectivity index (χ1n) is 14.1. The van der Waals surface area contributed by atoms with Crippen molar-refractivity contribution in [2.75, 3.05) is 24.3 Å². The van der Waals surface area contributed by atoms with Crippen LogP contribution in [-0.2, 0) is 31.9 Å². The van der Waals surface area contributed by atoms with Crippen molar-refractivity contribution >= 4 is 51.6 Å². The van der Waals surface area contributed by atoms with Gasteiger partial charge in [0.25, 0.3) is 0 Å². The van der Waals surface area contributed by atoms with Crippen LogP contribution < -0.4 is 10.6 Å². The van der Waals surface area contributed by atoms with Gasteiger partial charge in [-0.05, 0) is 62.8 Å². The number of anilines is 1. The highest BCUT2D eigenvalue weighted by molar-refractivity contribution is 8.03. The number of thiophene rings is 1. The van der Waals surface area contributed by atoms with Gasteiger partial charge in [0.05, 0.1) is 64.7 Å². The zero-order valence-corrected chi connectivity index (χ0v) is 25.5. The van der Waals surface area contributed by atoms with E-state index in [0.29, 0.717) is 32.6 Å². The van der Waals surface area contributed by atoms with Gasteiger partial charge >= 0.3 is 11.9 Å². The Morgan fingerprint density at radius 2 is 1.81 bits per heavy atom. The van der Waals surface area contributed by atoms with Gasteiger partial charge in [-0.3, -0.25) is 4.79 Å². The lowest BCUT2D eigenvalue weighted by Crippen LogP contribution is -2.29. The molecule has 9 nitrogen and oxygen atoms in total. The van der Waals surface area contributed by atoms with Gasteiger partial charge in [-0.1, -0.05) is 42.1 Å². The van der Waals surface area contributed by atoms with Crippen LogP contribution in [0, 0.1) is 11.3 Å². The normalized spacial score (nSPS) is 16.2. The van der Waals surface area contributed by atoms with E-state index in [-0.39, 0.29) is 36.0 Å². The minimum atomic E-state index is -0.847. The van der Waals surface area contributed by atoms with Crippen molar-refractivity contribution in [1.82, 2.24) is 5.32 Å². The van der Waals surface area contributed by atoms with E-state index in [1.807, 2.05) is 30.3 Å². The van der Waals surface area contributed by atoms with Gasteiger partial charge in [0, 0.05) is 4.88 Å². The lowest BCUT2D eigenvalue weighted by atomic mass is 9.84. The molecule has 3 aromatic rings. The van der Waals surface area contributed by atoms with Crippen LogP contribution in [0.5, 0.6) is 0 Å². The van der Waals surface area contributed by atoms with E-state index >= 15 is 0 Å². The molecule has 3 heterocycles. The number of carbonyl (C=O) groups excluding carboxylic acids is 3. The second-order valence-corrected chi connectivity index (χ2v) is 11.9. The van der Waals surface area contributed by atoms with E-state index in [9.17, 15) is 19.6 Å². The molecule has 1 atom stereocenters. The number of ether oxygens (including phenoxy) is 2. The van der Waals surface area contributed by atoms with Gasteiger partial charge < -0.3 is 24.5 Å². The molecular weight excluding hydrogens is 587 g/mol. The summed E-state index contributed by atoms with van der Waals surface area (Å²) in [4.78, 5) is 40.6. The number of dihydropyridines is 1. The molecule has 1 aliphatic carbocycles. The molecule has 0 radical (unpaired) electrons. The number of fused-ring (bicyclic) bond motifs is 1. The number of amides is 1. The lowest BCUT2D eigenvalue weighted by molar-refractivity contribution is -0.138. The van der Waals surface area contributed by atoms with Crippen molar-refractivity contribution in [3.63, 3.8) is 0 Å². The predicted molar refractivity (Wildman–Crippen MR) is 165 cm³/mol.